The van der Waals surface area contributed by atoms with Gasteiger partial charge in [-0.2, -0.15) is 5.26 Å². The van der Waals surface area contributed by atoms with E-state index in [1.807, 2.05) is 0 Å². The van der Waals surface area contributed by atoms with E-state index in [4.69, 9.17) is 4.74 Å². The lowest BCUT2D eigenvalue weighted by molar-refractivity contribution is -0.144. The van der Waals surface area contributed by atoms with Crippen LogP contribution in [0.2, 0.25) is 0 Å². The van der Waals surface area contributed by atoms with Crippen molar-refractivity contribution in [3.63, 3.8) is 0 Å². The van der Waals surface area contributed by atoms with Gasteiger partial charge in [0, 0.05) is 25.4 Å². The number of benzene rings is 1. The molecule has 1 aromatic carbocycles. The molecule has 0 aliphatic carbocycles. The van der Waals surface area contributed by atoms with Crippen molar-refractivity contribution in [2.24, 2.45) is 5.41 Å². The molecule has 3 rings (SSSR count). The van der Waals surface area contributed by atoms with E-state index in [0.717, 1.165) is 51.5 Å². The van der Waals surface area contributed by atoms with Crippen molar-refractivity contribution in [2.45, 2.75) is 76.7 Å². The first-order valence-corrected chi connectivity index (χ1v) is 11.9. The van der Waals surface area contributed by atoms with Crippen LogP contribution in [0.25, 0.3) is 0 Å². The van der Waals surface area contributed by atoms with E-state index in [1.54, 1.807) is 0 Å². The Kier molecular flexibility index (Phi) is 8.92. The molecule has 174 valence electrons. The van der Waals surface area contributed by atoms with Crippen molar-refractivity contribution >= 4 is 17.6 Å². The van der Waals surface area contributed by atoms with Crippen LogP contribution >= 0.6 is 0 Å². The maximum absolute atomic E-state index is 12.6. The summed E-state index contributed by atoms with van der Waals surface area (Å²) in [5.74, 6) is -1.52. The van der Waals surface area contributed by atoms with Crippen molar-refractivity contribution in [2.75, 3.05) is 25.1 Å². The highest BCUT2D eigenvalue weighted by Gasteiger charge is 2.41. The third-order valence-corrected chi connectivity index (χ3v) is 6.67. The fourth-order valence-corrected chi connectivity index (χ4v) is 4.53. The highest BCUT2D eigenvalue weighted by molar-refractivity contribution is 5.89. The number of carbonyl (C=O) groups excluding carboxylic acids is 1. The summed E-state index contributed by atoms with van der Waals surface area (Å²) >= 11 is 0. The minimum atomic E-state index is -1.17. The Morgan fingerprint density at radius 3 is 2.69 bits per heavy atom. The summed E-state index contributed by atoms with van der Waals surface area (Å²) in [6.07, 6.45) is 9.35. The van der Waals surface area contributed by atoms with Gasteiger partial charge in [-0.1, -0.05) is 37.8 Å². The molecule has 2 aliphatic heterocycles. The lowest BCUT2D eigenvalue weighted by atomic mass is 9.80. The highest BCUT2D eigenvalue weighted by Crippen LogP contribution is 2.30. The smallest absolute Gasteiger partial charge is 0.326 e. The Morgan fingerprint density at radius 2 is 1.94 bits per heavy atom. The monoisotopic (exact) mass is 441 g/mol. The van der Waals surface area contributed by atoms with E-state index >= 15 is 0 Å². The molecule has 1 aromatic rings. The molecule has 0 bridgehead atoms. The number of carboxylic acid groups (broad SMARTS) is 1. The van der Waals surface area contributed by atoms with Crippen molar-refractivity contribution in [3.05, 3.63) is 29.3 Å². The van der Waals surface area contributed by atoms with Crippen LogP contribution in [0, 0.1) is 16.7 Å². The summed E-state index contributed by atoms with van der Waals surface area (Å²) in [6.45, 7) is 1.75. The second-order valence-electron chi connectivity index (χ2n) is 9.00. The number of unbranched alkanes of at least 4 members (excludes halogenated alkanes) is 4. The normalized spacial score (nSPS) is 18.0. The van der Waals surface area contributed by atoms with Crippen LogP contribution in [-0.4, -0.2) is 42.8 Å². The van der Waals surface area contributed by atoms with Gasteiger partial charge in [-0.05, 0) is 62.1 Å². The zero-order chi connectivity index (χ0) is 22.8. The van der Waals surface area contributed by atoms with E-state index in [-0.39, 0.29) is 0 Å². The Labute approximate surface area is 190 Å². The number of amides is 1. The van der Waals surface area contributed by atoms with Gasteiger partial charge in [-0.3, -0.25) is 4.79 Å². The number of aryl methyl sites for hydroxylation is 2. The molecule has 3 N–H and O–H groups in total. The largest absolute Gasteiger partial charge is 0.480 e. The van der Waals surface area contributed by atoms with Gasteiger partial charge in [0.05, 0.1) is 6.07 Å². The predicted octanol–water partition coefficient (Wildman–Crippen LogP) is 3.82. The molecule has 1 amide bonds. The SMILES string of the molecule is N#CC1(C(=O)N[C@@H](CCCCCCCc2ccc3c(c2)NCCC3)C(=O)O)CCOCC1. The van der Waals surface area contributed by atoms with E-state index in [9.17, 15) is 20.0 Å². The maximum atomic E-state index is 12.6. The number of nitriles is 1. The van der Waals surface area contributed by atoms with Crippen molar-refractivity contribution < 1.29 is 19.4 Å². The third-order valence-electron chi connectivity index (χ3n) is 6.67. The molecule has 0 radical (unpaired) electrons. The number of ether oxygens (including phenoxy) is 1. The molecule has 0 spiro atoms. The standard InChI is InChI=1S/C25H35N3O4/c26-18-25(12-15-32-16-13-25)24(31)28-21(23(29)30)9-5-3-1-2-4-7-19-10-11-20-8-6-14-27-22(20)17-19/h10-11,17,21,27H,1-9,12-16H2,(H,28,31)(H,29,30)/t21-/m0/s1. The minimum Gasteiger partial charge on any atom is -0.480 e. The van der Waals surface area contributed by atoms with Crippen molar-refractivity contribution in [1.29, 1.82) is 5.26 Å². The van der Waals surface area contributed by atoms with Crippen LogP contribution in [0.1, 0.15) is 68.9 Å². The second kappa shape index (κ2) is 11.9. The Bertz CT molecular complexity index is 827. The average Bonchev–Trinajstić information content (AvgIpc) is 2.82. The Morgan fingerprint density at radius 1 is 1.19 bits per heavy atom. The molecule has 7 heteroatoms. The molecule has 1 saturated heterocycles. The quantitative estimate of drug-likeness (QED) is 0.450. The number of fused-ring (bicyclic) bond motifs is 1. The van der Waals surface area contributed by atoms with Crippen LogP contribution in [0.4, 0.5) is 5.69 Å². The number of nitrogens with zero attached hydrogens (tertiary/aromatic N) is 1. The molecule has 2 aliphatic rings. The summed E-state index contributed by atoms with van der Waals surface area (Å²) in [7, 11) is 0. The third kappa shape index (κ3) is 6.46. The zero-order valence-electron chi connectivity index (χ0n) is 18.8. The summed E-state index contributed by atoms with van der Waals surface area (Å²) < 4.78 is 5.24. The predicted molar refractivity (Wildman–Crippen MR) is 122 cm³/mol. The first kappa shape index (κ1) is 24.1. The van der Waals surface area contributed by atoms with Crippen LogP contribution in [0.5, 0.6) is 0 Å². The van der Waals surface area contributed by atoms with Gasteiger partial charge in [-0.25, -0.2) is 4.79 Å². The molecule has 2 heterocycles. The van der Waals surface area contributed by atoms with Gasteiger partial charge in [0.25, 0.3) is 0 Å². The number of nitrogens with one attached hydrogen (secondary N) is 2. The van der Waals surface area contributed by atoms with Gasteiger partial charge in [0.15, 0.2) is 0 Å². The molecule has 32 heavy (non-hydrogen) atoms. The van der Waals surface area contributed by atoms with Crippen molar-refractivity contribution in [1.82, 2.24) is 5.32 Å². The van der Waals surface area contributed by atoms with E-state index in [0.29, 0.717) is 32.5 Å². The van der Waals surface area contributed by atoms with E-state index in [1.165, 1.54) is 23.2 Å². The topological polar surface area (TPSA) is 111 Å². The van der Waals surface area contributed by atoms with E-state index < -0.39 is 23.3 Å². The molecular weight excluding hydrogens is 406 g/mol. The molecule has 7 nitrogen and oxygen atoms in total. The first-order chi connectivity index (χ1) is 15.5. The zero-order valence-corrected chi connectivity index (χ0v) is 18.8. The number of rotatable bonds is 11. The molecule has 0 aromatic heterocycles. The summed E-state index contributed by atoms with van der Waals surface area (Å²) in [5, 5.41) is 25.1. The molecule has 1 atom stereocenters. The van der Waals surface area contributed by atoms with Gasteiger partial charge in [0.2, 0.25) is 5.91 Å². The van der Waals surface area contributed by atoms with Gasteiger partial charge >= 0.3 is 5.97 Å². The molecule has 0 unspecified atom stereocenters. The summed E-state index contributed by atoms with van der Waals surface area (Å²) in [6, 6.07) is 7.90. The first-order valence-electron chi connectivity index (χ1n) is 11.9. The van der Waals surface area contributed by atoms with Crippen molar-refractivity contribution in [3.8, 4) is 6.07 Å². The number of anilines is 1. The van der Waals surface area contributed by atoms with Gasteiger partial charge in [-0.15, -0.1) is 0 Å². The summed E-state index contributed by atoms with van der Waals surface area (Å²) in [5.41, 5.74) is 2.90. The fourth-order valence-electron chi connectivity index (χ4n) is 4.53. The number of aliphatic carboxylic acids is 1. The Hall–Kier alpha value is -2.59. The van der Waals surface area contributed by atoms with Crippen LogP contribution in [0.15, 0.2) is 18.2 Å². The number of hydrogen-bond donors (Lipinski definition) is 3. The second-order valence-corrected chi connectivity index (χ2v) is 9.00. The highest BCUT2D eigenvalue weighted by atomic mass is 16.5. The number of carboxylic acids is 1. The van der Waals surface area contributed by atoms with Gasteiger partial charge < -0.3 is 20.5 Å². The lowest BCUT2D eigenvalue weighted by Crippen LogP contribution is -2.50. The number of hydrogen-bond acceptors (Lipinski definition) is 5. The lowest BCUT2D eigenvalue weighted by Gasteiger charge is -2.30. The fraction of sp³-hybridized carbons (Fsp3) is 0.640. The average molecular weight is 442 g/mol. The molecule has 0 saturated carbocycles. The Balaban J connectivity index is 1.34. The van der Waals surface area contributed by atoms with E-state index in [2.05, 4.69) is 34.9 Å². The minimum absolute atomic E-state index is 0.307. The molecular formula is C25H35N3O4. The van der Waals surface area contributed by atoms with Crippen LogP contribution < -0.4 is 10.6 Å². The summed E-state index contributed by atoms with van der Waals surface area (Å²) in [4.78, 5) is 24.2. The van der Waals surface area contributed by atoms with Crippen LogP contribution in [-0.2, 0) is 27.2 Å². The van der Waals surface area contributed by atoms with Crippen LogP contribution in [0.3, 0.4) is 0 Å². The van der Waals surface area contributed by atoms with Gasteiger partial charge in [0.1, 0.15) is 11.5 Å². The number of carbonyl (C=O) groups is 2. The maximum Gasteiger partial charge on any atom is 0.326 e. The molecule has 1 fully saturated rings.